The summed E-state index contributed by atoms with van der Waals surface area (Å²) >= 11 is 0. The Morgan fingerprint density at radius 1 is 1.24 bits per heavy atom. The number of nitrogens with two attached hydrogens (primary N) is 1. The van der Waals surface area contributed by atoms with E-state index >= 15 is 0 Å². The van der Waals surface area contributed by atoms with Crippen molar-refractivity contribution in [1.29, 1.82) is 0 Å². The van der Waals surface area contributed by atoms with Crippen molar-refractivity contribution in [3.8, 4) is 0 Å². The summed E-state index contributed by atoms with van der Waals surface area (Å²) in [5, 5.41) is 0. The number of fused-ring (bicyclic) bond motifs is 2. The van der Waals surface area contributed by atoms with Gasteiger partial charge in [0.25, 0.3) is 0 Å². The van der Waals surface area contributed by atoms with Gasteiger partial charge in [-0.2, -0.15) is 0 Å². The van der Waals surface area contributed by atoms with E-state index in [1.54, 1.807) is 0 Å². The lowest BCUT2D eigenvalue weighted by atomic mass is 9.82. The molecule has 0 radical (unpaired) electrons. The van der Waals surface area contributed by atoms with Gasteiger partial charge in [0.1, 0.15) is 5.60 Å². The van der Waals surface area contributed by atoms with Crippen molar-refractivity contribution in [3.63, 3.8) is 0 Å². The number of carbonyl (C=O) groups is 1. The minimum Gasteiger partial charge on any atom is -0.444 e. The Kier molecular flexibility index (Phi) is 3.34. The second kappa shape index (κ2) is 4.48. The van der Waals surface area contributed by atoms with Gasteiger partial charge in [-0.1, -0.05) is 0 Å². The number of piperidine rings is 2. The predicted molar refractivity (Wildman–Crippen MR) is 66.7 cm³/mol. The largest absolute Gasteiger partial charge is 0.444 e. The maximum absolute atomic E-state index is 12.2. The molecule has 0 aliphatic carbocycles. The maximum Gasteiger partial charge on any atom is 0.410 e. The van der Waals surface area contributed by atoms with E-state index in [1.807, 2.05) is 25.7 Å². The highest BCUT2D eigenvalue weighted by molar-refractivity contribution is 5.69. The molecule has 0 unspecified atom stereocenters. The number of ether oxygens (including phenoxy) is 1. The van der Waals surface area contributed by atoms with Crippen LogP contribution in [0.3, 0.4) is 0 Å². The van der Waals surface area contributed by atoms with Gasteiger partial charge in [-0.25, -0.2) is 4.79 Å². The van der Waals surface area contributed by atoms with Crippen LogP contribution < -0.4 is 5.73 Å². The standard InChI is InChI=1S/C13H24N2O2/c1-13(2,3)17-12(16)15-9-5-4-6-11(15)10(14)8-7-9/h9-11H,4-8,14H2,1-3H3/t9-,10+,11+/m1/s1. The van der Waals surface area contributed by atoms with Gasteiger partial charge in [0.2, 0.25) is 0 Å². The molecule has 0 aromatic heterocycles. The highest BCUT2D eigenvalue weighted by atomic mass is 16.6. The van der Waals surface area contributed by atoms with E-state index in [0.29, 0.717) is 6.04 Å². The molecule has 0 saturated carbocycles. The van der Waals surface area contributed by atoms with Crippen molar-refractivity contribution in [3.05, 3.63) is 0 Å². The van der Waals surface area contributed by atoms with Crippen LogP contribution in [0.2, 0.25) is 0 Å². The Balaban J connectivity index is 2.10. The molecule has 0 spiro atoms. The Bertz CT molecular complexity index is 298. The van der Waals surface area contributed by atoms with E-state index in [9.17, 15) is 4.79 Å². The topological polar surface area (TPSA) is 55.6 Å². The zero-order chi connectivity index (χ0) is 12.6. The molecular weight excluding hydrogens is 216 g/mol. The molecule has 4 nitrogen and oxygen atoms in total. The second-order valence-corrected chi connectivity index (χ2v) is 6.28. The van der Waals surface area contributed by atoms with Gasteiger partial charge in [-0.05, 0) is 52.9 Å². The first-order valence-electron chi connectivity index (χ1n) is 6.65. The Morgan fingerprint density at radius 2 is 1.94 bits per heavy atom. The Labute approximate surface area is 103 Å². The van der Waals surface area contributed by atoms with Gasteiger partial charge in [-0.15, -0.1) is 0 Å². The highest BCUT2D eigenvalue weighted by Gasteiger charge is 2.42. The lowest BCUT2D eigenvalue weighted by Gasteiger charge is -2.48. The molecule has 2 bridgehead atoms. The molecule has 3 atom stereocenters. The number of nitrogens with zero attached hydrogens (tertiary/aromatic N) is 1. The molecule has 2 saturated heterocycles. The Hall–Kier alpha value is -0.770. The van der Waals surface area contributed by atoms with E-state index in [2.05, 4.69) is 0 Å². The van der Waals surface area contributed by atoms with Gasteiger partial charge in [-0.3, -0.25) is 0 Å². The maximum atomic E-state index is 12.2. The predicted octanol–water partition coefficient (Wildman–Crippen LogP) is 2.27. The third-order valence-corrected chi connectivity index (χ3v) is 3.72. The van der Waals surface area contributed by atoms with Crippen LogP contribution in [0.4, 0.5) is 4.79 Å². The summed E-state index contributed by atoms with van der Waals surface area (Å²) in [6, 6.07) is 0.666. The number of hydrogen-bond donors (Lipinski definition) is 1. The van der Waals surface area contributed by atoms with E-state index in [1.165, 1.54) is 6.42 Å². The average molecular weight is 240 g/mol. The normalized spacial score (nSPS) is 33.4. The third kappa shape index (κ3) is 2.73. The molecule has 2 aliphatic heterocycles. The monoisotopic (exact) mass is 240 g/mol. The molecule has 2 rings (SSSR count). The zero-order valence-electron chi connectivity index (χ0n) is 11.1. The molecule has 0 aromatic carbocycles. The minimum atomic E-state index is -0.424. The van der Waals surface area contributed by atoms with Crippen molar-refractivity contribution in [2.45, 2.75) is 76.6 Å². The molecular formula is C13H24N2O2. The van der Waals surface area contributed by atoms with Crippen LogP contribution in [0.25, 0.3) is 0 Å². The summed E-state index contributed by atoms with van der Waals surface area (Å²) in [6.07, 6.45) is 5.19. The summed E-state index contributed by atoms with van der Waals surface area (Å²) in [6.45, 7) is 5.72. The van der Waals surface area contributed by atoms with Crippen molar-refractivity contribution in [2.75, 3.05) is 0 Å². The van der Waals surface area contributed by atoms with Crippen LogP contribution in [0.5, 0.6) is 0 Å². The van der Waals surface area contributed by atoms with Crippen molar-refractivity contribution in [1.82, 2.24) is 4.90 Å². The van der Waals surface area contributed by atoms with Crippen LogP contribution in [-0.4, -0.2) is 34.7 Å². The molecule has 1 amide bonds. The first kappa shape index (κ1) is 12.7. The SMILES string of the molecule is CC(C)(C)OC(=O)N1[C@@H]2CCC[C@H]1[C@@H](N)CC2. The summed E-state index contributed by atoms with van der Waals surface area (Å²) in [7, 11) is 0. The van der Waals surface area contributed by atoms with E-state index in [4.69, 9.17) is 10.5 Å². The molecule has 17 heavy (non-hydrogen) atoms. The second-order valence-electron chi connectivity index (χ2n) is 6.28. The summed E-state index contributed by atoms with van der Waals surface area (Å²) in [5.41, 5.74) is 5.70. The molecule has 2 heterocycles. The van der Waals surface area contributed by atoms with Crippen LogP contribution in [0, 0.1) is 0 Å². The fourth-order valence-electron chi connectivity index (χ4n) is 2.99. The molecule has 2 N–H and O–H groups in total. The van der Waals surface area contributed by atoms with Gasteiger partial charge in [0.15, 0.2) is 0 Å². The van der Waals surface area contributed by atoms with Gasteiger partial charge < -0.3 is 15.4 Å². The lowest BCUT2D eigenvalue weighted by Crippen LogP contribution is -2.61. The van der Waals surface area contributed by atoms with Crippen molar-refractivity contribution < 1.29 is 9.53 Å². The number of carbonyl (C=O) groups excluding carboxylic acids is 1. The first-order valence-corrected chi connectivity index (χ1v) is 6.65. The smallest absolute Gasteiger partial charge is 0.410 e. The van der Waals surface area contributed by atoms with E-state index in [-0.39, 0.29) is 18.2 Å². The minimum absolute atomic E-state index is 0.124. The van der Waals surface area contributed by atoms with Gasteiger partial charge >= 0.3 is 6.09 Å². The molecule has 0 aromatic rings. The average Bonchev–Trinajstić information content (AvgIpc) is 2.21. The molecule has 2 fully saturated rings. The van der Waals surface area contributed by atoms with Crippen molar-refractivity contribution >= 4 is 6.09 Å². The van der Waals surface area contributed by atoms with Gasteiger partial charge in [0.05, 0.1) is 6.04 Å². The quantitative estimate of drug-likeness (QED) is 0.706. The zero-order valence-corrected chi connectivity index (χ0v) is 11.1. The fraction of sp³-hybridized carbons (Fsp3) is 0.923. The summed E-state index contributed by atoms with van der Waals surface area (Å²) in [5.74, 6) is 0. The van der Waals surface area contributed by atoms with Crippen LogP contribution in [0.1, 0.15) is 52.9 Å². The number of hydrogen-bond acceptors (Lipinski definition) is 3. The van der Waals surface area contributed by atoms with Gasteiger partial charge in [0, 0.05) is 12.1 Å². The van der Waals surface area contributed by atoms with Crippen LogP contribution >= 0.6 is 0 Å². The lowest BCUT2D eigenvalue weighted by molar-refractivity contribution is -0.0230. The van der Waals surface area contributed by atoms with Crippen LogP contribution in [0.15, 0.2) is 0 Å². The van der Waals surface area contributed by atoms with Crippen LogP contribution in [-0.2, 0) is 4.74 Å². The molecule has 4 heteroatoms. The van der Waals surface area contributed by atoms with E-state index in [0.717, 1.165) is 25.7 Å². The molecule has 98 valence electrons. The Morgan fingerprint density at radius 3 is 2.59 bits per heavy atom. The summed E-state index contributed by atoms with van der Waals surface area (Å²) < 4.78 is 5.49. The fourth-order valence-corrected chi connectivity index (χ4v) is 2.99. The number of rotatable bonds is 0. The number of amides is 1. The molecule has 2 aliphatic rings. The first-order chi connectivity index (χ1) is 7.88. The highest BCUT2D eigenvalue weighted by Crippen LogP contribution is 2.34. The van der Waals surface area contributed by atoms with E-state index < -0.39 is 5.60 Å². The summed E-state index contributed by atoms with van der Waals surface area (Å²) in [4.78, 5) is 14.1. The third-order valence-electron chi connectivity index (χ3n) is 3.72. The van der Waals surface area contributed by atoms with Crippen molar-refractivity contribution in [2.24, 2.45) is 5.73 Å².